The summed E-state index contributed by atoms with van der Waals surface area (Å²) in [6.07, 6.45) is 0. The summed E-state index contributed by atoms with van der Waals surface area (Å²) in [4.78, 5) is 8.77. The van der Waals surface area contributed by atoms with E-state index in [9.17, 15) is 0 Å². The van der Waals surface area contributed by atoms with Crippen molar-refractivity contribution < 1.29 is 0 Å². The van der Waals surface area contributed by atoms with E-state index in [2.05, 4.69) is 36.1 Å². The zero-order chi connectivity index (χ0) is 14.8. The average molecular weight is 310 g/mol. The van der Waals surface area contributed by atoms with Crippen LogP contribution in [-0.4, -0.2) is 9.97 Å². The van der Waals surface area contributed by atoms with Gasteiger partial charge in [-0.15, -0.1) is 0 Å². The second-order valence-corrected chi connectivity index (χ2v) is 6.46. The summed E-state index contributed by atoms with van der Waals surface area (Å²) in [7, 11) is 0. The van der Waals surface area contributed by atoms with Crippen LogP contribution in [0.25, 0.3) is 0 Å². The maximum atomic E-state index is 6.05. The van der Waals surface area contributed by atoms with Crippen LogP contribution in [0.15, 0.2) is 30.3 Å². The third kappa shape index (κ3) is 4.09. The molecule has 0 amide bonds. The van der Waals surface area contributed by atoms with E-state index < -0.39 is 0 Å². The quantitative estimate of drug-likeness (QED) is 0.836. The molecule has 1 N–H and O–H groups in total. The smallest absolute Gasteiger partial charge is 0.137 e. The minimum absolute atomic E-state index is 0.141. The Morgan fingerprint density at radius 3 is 2.50 bits per heavy atom. The van der Waals surface area contributed by atoms with Crippen LogP contribution >= 0.6 is 23.2 Å². The van der Waals surface area contributed by atoms with Gasteiger partial charge in [-0.05, 0) is 17.7 Å². The lowest BCUT2D eigenvalue weighted by Crippen LogP contribution is -2.17. The van der Waals surface area contributed by atoms with Crippen molar-refractivity contribution in [2.45, 2.75) is 32.7 Å². The Morgan fingerprint density at radius 2 is 1.85 bits per heavy atom. The molecule has 5 heteroatoms. The van der Waals surface area contributed by atoms with Crippen LogP contribution in [0.5, 0.6) is 0 Å². The molecule has 0 bridgehead atoms. The molecule has 2 aromatic rings. The van der Waals surface area contributed by atoms with Gasteiger partial charge in [0, 0.05) is 23.0 Å². The molecule has 0 saturated carbocycles. The van der Waals surface area contributed by atoms with Gasteiger partial charge < -0.3 is 5.32 Å². The Morgan fingerprint density at radius 1 is 1.10 bits per heavy atom. The standard InChI is InChI=1S/C15H17Cl2N3/c1-15(2,3)14-19-12(17)8-13(20-14)18-9-10-5-4-6-11(16)7-10/h4-8H,9H2,1-3H3,(H,18,19,20). The molecular formula is C15H17Cl2N3. The van der Waals surface area contributed by atoms with Gasteiger partial charge in [-0.25, -0.2) is 9.97 Å². The van der Waals surface area contributed by atoms with Crippen molar-refractivity contribution in [1.82, 2.24) is 9.97 Å². The molecule has 2 rings (SSSR count). The van der Waals surface area contributed by atoms with E-state index in [4.69, 9.17) is 23.2 Å². The van der Waals surface area contributed by atoms with E-state index in [1.807, 2.05) is 24.3 Å². The van der Waals surface area contributed by atoms with Crippen LogP contribution in [0.1, 0.15) is 32.2 Å². The number of nitrogens with one attached hydrogen (secondary N) is 1. The SMILES string of the molecule is CC(C)(C)c1nc(Cl)cc(NCc2cccc(Cl)c2)n1. The fourth-order valence-corrected chi connectivity index (χ4v) is 2.08. The van der Waals surface area contributed by atoms with Crippen LogP contribution in [0.3, 0.4) is 0 Å². The van der Waals surface area contributed by atoms with Gasteiger partial charge in [0.15, 0.2) is 0 Å². The Balaban J connectivity index is 2.16. The largest absolute Gasteiger partial charge is 0.366 e. The second-order valence-electron chi connectivity index (χ2n) is 5.63. The molecule has 1 heterocycles. The molecule has 0 fully saturated rings. The predicted octanol–water partition coefficient (Wildman–Crippen LogP) is 4.69. The van der Waals surface area contributed by atoms with Crippen molar-refractivity contribution in [1.29, 1.82) is 0 Å². The van der Waals surface area contributed by atoms with Gasteiger partial charge in [0.05, 0.1) is 0 Å². The maximum absolute atomic E-state index is 6.05. The second kappa shape index (κ2) is 5.98. The molecule has 1 aromatic heterocycles. The fourth-order valence-electron chi connectivity index (χ4n) is 1.68. The van der Waals surface area contributed by atoms with Crippen LogP contribution in [0, 0.1) is 0 Å². The highest BCUT2D eigenvalue weighted by Gasteiger charge is 2.18. The van der Waals surface area contributed by atoms with E-state index in [1.165, 1.54) is 0 Å². The first-order valence-corrected chi connectivity index (χ1v) is 7.13. The zero-order valence-corrected chi connectivity index (χ0v) is 13.3. The van der Waals surface area contributed by atoms with Crippen molar-refractivity contribution in [3.05, 3.63) is 51.9 Å². The number of hydrogen-bond acceptors (Lipinski definition) is 3. The Kier molecular flexibility index (Phi) is 4.51. The maximum Gasteiger partial charge on any atom is 0.137 e. The van der Waals surface area contributed by atoms with Gasteiger partial charge in [0.2, 0.25) is 0 Å². The highest BCUT2D eigenvalue weighted by Crippen LogP contribution is 2.22. The molecule has 20 heavy (non-hydrogen) atoms. The van der Waals surface area contributed by atoms with Crippen molar-refractivity contribution in [2.75, 3.05) is 5.32 Å². The minimum Gasteiger partial charge on any atom is -0.366 e. The van der Waals surface area contributed by atoms with E-state index in [0.29, 0.717) is 11.7 Å². The summed E-state index contributed by atoms with van der Waals surface area (Å²) >= 11 is 12.0. The first-order chi connectivity index (χ1) is 9.34. The normalized spacial score (nSPS) is 11.4. The van der Waals surface area contributed by atoms with E-state index in [1.54, 1.807) is 6.07 Å². The summed E-state index contributed by atoms with van der Waals surface area (Å²) in [5.41, 5.74) is 0.946. The van der Waals surface area contributed by atoms with E-state index in [0.717, 1.165) is 22.2 Å². The molecule has 0 spiro atoms. The predicted molar refractivity (Wildman–Crippen MR) is 84.5 cm³/mol. The van der Waals surface area contributed by atoms with Gasteiger partial charge in [-0.3, -0.25) is 0 Å². The van der Waals surface area contributed by atoms with Crippen LogP contribution < -0.4 is 5.32 Å². The lowest BCUT2D eigenvalue weighted by atomic mass is 9.96. The number of rotatable bonds is 3. The van der Waals surface area contributed by atoms with Gasteiger partial charge >= 0.3 is 0 Å². The van der Waals surface area contributed by atoms with Crippen molar-refractivity contribution >= 4 is 29.0 Å². The molecule has 0 radical (unpaired) electrons. The number of nitrogens with zero attached hydrogens (tertiary/aromatic N) is 2. The minimum atomic E-state index is -0.141. The van der Waals surface area contributed by atoms with Crippen molar-refractivity contribution in [2.24, 2.45) is 0 Å². The monoisotopic (exact) mass is 309 g/mol. The summed E-state index contributed by atoms with van der Waals surface area (Å²) in [6.45, 7) is 6.80. The van der Waals surface area contributed by atoms with Gasteiger partial charge in [0.25, 0.3) is 0 Å². The highest BCUT2D eigenvalue weighted by atomic mass is 35.5. The molecule has 0 aliphatic rings. The third-order valence-corrected chi connectivity index (χ3v) is 3.16. The summed E-state index contributed by atoms with van der Waals surface area (Å²) in [5, 5.41) is 4.41. The topological polar surface area (TPSA) is 37.8 Å². The number of aromatic nitrogens is 2. The molecule has 106 valence electrons. The van der Waals surface area contributed by atoms with Gasteiger partial charge in [-0.1, -0.05) is 56.1 Å². The number of anilines is 1. The average Bonchev–Trinajstić information content (AvgIpc) is 2.35. The zero-order valence-electron chi connectivity index (χ0n) is 11.7. The highest BCUT2D eigenvalue weighted by molar-refractivity contribution is 6.30. The first-order valence-electron chi connectivity index (χ1n) is 6.38. The first kappa shape index (κ1) is 15.1. The molecule has 0 unspecified atom stereocenters. The molecule has 0 atom stereocenters. The number of halogens is 2. The lowest BCUT2D eigenvalue weighted by Gasteiger charge is -2.17. The van der Waals surface area contributed by atoms with Crippen LogP contribution in [0.2, 0.25) is 10.2 Å². The van der Waals surface area contributed by atoms with Crippen LogP contribution in [-0.2, 0) is 12.0 Å². The molecule has 3 nitrogen and oxygen atoms in total. The van der Waals surface area contributed by atoms with Crippen molar-refractivity contribution in [3.63, 3.8) is 0 Å². The van der Waals surface area contributed by atoms with E-state index >= 15 is 0 Å². The van der Waals surface area contributed by atoms with Gasteiger partial charge in [0.1, 0.15) is 16.8 Å². The molecule has 0 aliphatic heterocycles. The summed E-state index contributed by atoms with van der Waals surface area (Å²) in [6, 6.07) is 9.42. The Hall–Kier alpha value is -1.32. The summed E-state index contributed by atoms with van der Waals surface area (Å²) in [5.74, 6) is 1.44. The van der Waals surface area contributed by atoms with Gasteiger partial charge in [-0.2, -0.15) is 0 Å². The van der Waals surface area contributed by atoms with E-state index in [-0.39, 0.29) is 5.41 Å². The fraction of sp³-hybridized carbons (Fsp3) is 0.333. The number of hydrogen-bond donors (Lipinski definition) is 1. The molecule has 0 aliphatic carbocycles. The molecule has 0 saturated heterocycles. The number of benzene rings is 1. The van der Waals surface area contributed by atoms with Crippen LogP contribution in [0.4, 0.5) is 5.82 Å². The lowest BCUT2D eigenvalue weighted by molar-refractivity contribution is 0.546. The molecular weight excluding hydrogens is 293 g/mol. The Bertz CT molecular complexity index is 606. The third-order valence-electron chi connectivity index (χ3n) is 2.73. The Labute approximate surface area is 129 Å². The molecule has 1 aromatic carbocycles. The summed E-state index contributed by atoms with van der Waals surface area (Å²) < 4.78 is 0. The van der Waals surface area contributed by atoms with Crippen molar-refractivity contribution in [3.8, 4) is 0 Å².